The monoisotopic (exact) mass is 264 g/mol. The van der Waals surface area contributed by atoms with E-state index in [-0.39, 0.29) is 5.91 Å². The van der Waals surface area contributed by atoms with Gasteiger partial charge in [0, 0.05) is 19.0 Å². The van der Waals surface area contributed by atoms with E-state index in [4.69, 9.17) is 5.73 Å². The van der Waals surface area contributed by atoms with Crippen LogP contribution in [0.2, 0.25) is 0 Å². The number of hydrogen-bond donors (Lipinski definition) is 1. The molecule has 0 saturated carbocycles. The third-order valence-corrected chi connectivity index (χ3v) is 3.87. The number of carbonyl (C=O) groups excluding carboxylic acids is 1. The molecule has 0 aromatic carbocycles. The van der Waals surface area contributed by atoms with Crippen molar-refractivity contribution >= 4 is 22.9 Å². The summed E-state index contributed by atoms with van der Waals surface area (Å²) in [4.78, 5) is 15.1. The van der Waals surface area contributed by atoms with E-state index < -0.39 is 0 Å². The second-order valence-corrected chi connectivity index (χ2v) is 5.26. The zero-order valence-corrected chi connectivity index (χ0v) is 11.5. The minimum absolute atomic E-state index is 0.111. The highest BCUT2D eigenvalue weighted by molar-refractivity contribution is 7.10. The first-order valence-electron chi connectivity index (χ1n) is 5.56. The molecule has 0 saturated heterocycles. The minimum Gasteiger partial charge on any atom is -0.396 e. The maximum Gasteiger partial charge on any atom is 0.274 e. The van der Waals surface area contributed by atoms with Gasteiger partial charge in [-0.25, -0.2) is 0 Å². The van der Waals surface area contributed by atoms with Crippen molar-refractivity contribution in [2.24, 2.45) is 7.05 Å². The number of amides is 1. The molecule has 2 heterocycles. The van der Waals surface area contributed by atoms with E-state index in [9.17, 15) is 4.79 Å². The molecule has 2 rings (SSSR count). The highest BCUT2D eigenvalue weighted by atomic mass is 32.1. The fraction of sp³-hybridized carbons (Fsp3) is 0.333. The SMILES string of the molecule is Cc1ccsc1CN(C)C(=O)c1c(N)cnn1C. The van der Waals surface area contributed by atoms with Gasteiger partial charge in [-0.15, -0.1) is 11.3 Å². The molecule has 0 aliphatic heterocycles. The van der Waals surface area contributed by atoms with E-state index in [0.29, 0.717) is 17.9 Å². The average Bonchev–Trinajstić information content (AvgIpc) is 2.86. The van der Waals surface area contributed by atoms with Gasteiger partial charge in [0.1, 0.15) is 5.69 Å². The summed E-state index contributed by atoms with van der Waals surface area (Å²) in [6, 6.07) is 2.05. The first-order valence-corrected chi connectivity index (χ1v) is 6.44. The Morgan fingerprint density at radius 3 is 2.83 bits per heavy atom. The van der Waals surface area contributed by atoms with E-state index in [1.807, 2.05) is 12.3 Å². The summed E-state index contributed by atoms with van der Waals surface area (Å²) in [5.74, 6) is -0.111. The molecule has 0 atom stereocenters. The van der Waals surface area contributed by atoms with Gasteiger partial charge in [0.2, 0.25) is 0 Å². The molecule has 2 aromatic heterocycles. The summed E-state index contributed by atoms with van der Waals surface area (Å²) in [5.41, 5.74) is 7.81. The number of anilines is 1. The van der Waals surface area contributed by atoms with Crippen LogP contribution >= 0.6 is 11.3 Å². The predicted molar refractivity (Wildman–Crippen MR) is 72.5 cm³/mol. The van der Waals surface area contributed by atoms with Crippen molar-refractivity contribution in [2.75, 3.05) is 12.8 Å². The molecular formula is C12H16N4OS. The Labute approximate surface area is 110 Å². The first kappa shape index (κ1) is 12.6. The van der Waals surface area contributed by atoms with Crippen molar-refractivity contribution in [3.63, 3.8) is 0 Å². The Balaban J connectivity index is 2.17. The number of nitrogens with two attached hydrogens (primary N) is 1. The van der Waals surface area contributed by atoms with Crippen LogP contribution in [0.15, 0.2) is 17.6 Å². The average molecular weight is 264 g/mol. The standard InChI is InChI=1S/C12H16N4OS/c1-8-4-5-18-10(8)7-15(2)12(17)11-9(13)6-14-16(11)3/h4-6H,7,13H2,1-3H3. The molecule has 18 heavy (non-hydrogen) atoms. The lowest BCUT2D eigenvalue weighted by atomic mass is 10.2. The molecule has 0 bridgehead atoms. The zero-order chi connectivity index (χ0) is 13.3. The second-order valence-electron chi connectivity index (χ2n) is 4.26. The van der Waals surface area contributed by atoms with Crippen LogP contribution in [0.4, 0.5) is 5.69 Å². The lowest BCUT2D eigenvalue weighted by Crippen LogP contribution is -2.28. The summed E-state index contributed by atoms with van der Waals surface area (Å²) >= 11 is 1.65. The Hall–Kier alpha value is -1.82. The molecule has 0 aliphatic rings. The van der Waals surface area contributed by atoms with Gasteiger partial charge in [-0.05, 0) is 23.9 Å². The van der Waals surface area contributed by atoms with Crippen LogP contribution in [-0.2, 0) is 13.6 Å². The Morgan fingerprint density at radius 2 is 2.33 bits per heavy atom. The fourth-order valence-corrected chi connectivity index (χ4v) is 2.71. The number of aryl methyl sites for hydroxylation is 2. The minimum atomic E-state index is -0.111. The number of nitrogen functional groups attached to an aromatic ring is 1. The van der Waals surface area contributed by atoms with Crippen LogP contribution in [0, 0.1) is 6.92 Å². The van der Waals surface area contributed by atoms with Crippen molar-refractivity contribution in [1.29, 1.82) is 0 Å². The number of carbonyl (C=O) groups is 1. The lowest BCUT2D eigenvalue weighted by Gasteiger charge is -2.17. The van der Waals surface area contributed by atoms with Crippen molar-refractivity contribution in [3.8, 4) is 0 Å². The molecule has 0 spiro atoms. The molecule has 0 radical (unpaired) electrons. The number of hydrogen-bond acceptors (Lipinski definition) is 4. The molecule has 5 nitrogen and oxygen atoms in total. The summed E-state index contributed by atoms with van der Waals surface area (Å²) in [6.45, 7) is 2.63. The molecule has 2 N–H and O–H groups in total. The third-order valence-electron chi connectivity index (χ3n) is 2.87. The second kappa shape index (κ2) is 4.81. The van der Waals surface area contributed by atoms with Gasteiger partial charge in [0.05, 0.1) is 18.4 Å². The van der Waals surface area contributed by atoms with Crippen LogP contribution in [0.25, 0.3) is 0 Å². The van der Waals surface area contributed by atoms with Crippen LogP contribution in [0.3, 0.4) is 0 Å². The molecule has 1 amide bonds. The van der Waals surface area contributed by atoms with Gasteiger partial charge in [-0.2, -0.15) is 5.10 Å². The normalized spacial score (nSPS) is 10.6. The van der Waals surface area contributed by atoms with E-state index >= 15 is 0 Å². The quantitative estimate of drug-likeness (QED) is 0.916. The summed E-state index contributed by atoms with van der Waals surface area (Å²) in [7, 11) is 3.49. The van der Waals surface area contributed by atoms with Crippen LogP contribution in [0.1, 0.15) is 20.9 Å². The zero-order valence-electron chi connectivity index (χ0n) is 10.7. The van der Waals surface area contributed by atoms with Crippen LogP contribution < -0.4 is 5.73 Å². The summed E-state index contributed by atoms with van der Waals surface area (Å²) < 4.78 is 1.51. The Bertz CT molecular complexity index is 553. The largest absolute Gasteiger partial charge is 0.396 e. The van der Waals surface area contributed by atoms with Gasteiger partial charge in [-0.1, -0.05) is 0 Å². The number of nitrogens with zero attached hydrogens (tertiary/aromatic N) is 3. The Morgan fingerprint density at radius 1 is 1.61 bits per heavy atom. The van der Waals surface area contributed by atoms with E-state index in [1.165, 1.54) is 21.3 Å². The van der Waals surface area contributed by atoms with Crippen molar-refractivity contribution in [3.05, 3.63) is 33.8 Å². The van der Waals surface area contributed by atoms with Crippen molar-refractivity contribution < 1.29 is 4.79 Å². The van der Waals surface area contributed by atoms with Crippen molar-refractivity contribution in [1.82, 2.24) is 14.7 Å². The van der Waals surface area contributed by atoms with E-state index in [0.717, 1.165) is 0 Å². The summed E-state index contributed by atoms with van der Waals surface area (Å²) in [5, 5.41) is 6.01. The fourth-order valence-electron chi connectivity index (χ4n) is 1.75. The molecule has 0 aliphatic carbocycles. The van der Waals surface area contributed by atoms with Crippen molar-refractivity contribution in [2.45, 2.75) is 13.5 Å². The topological polar surface area (TPSA) is 64.2 Å². The molecule has 6 heteroatoms. The van der Waals surface area contributed by atoms with Crippen LogP contribution in [0.5, 0.6) is 0 Å². The van der Waals surface area contributed by atoms with Gasteiger partial charge < -0.3 is 10.6 Å². The smallest absolute Gasteiger partial charge is 0.274 e. The molecule has 0 unspecified atom stereocenters. The summed E-state index contributed by atoms with van der Waals surface area (Å²) in [6.07, 6.45) is 1.50. The highest BCUT2D eigenvalue weighted by Gasteiger charge is 2.19. The molecule has 2 aromatic rings. The lowest BCUT2D eigenvalue weighted by molar-refractivity contribution is 0.0776. The molecule has 0 fully saturated rings. The highest BCUT2D eigenvalue weighted by Crippen LogP contribution is 2.19. The van der Waals surface area contributed by atoms with E-state index in [2.05, 4.69) is 11.2 Å². The number of thiophene rings is 1. The number of rotatable bonds is 3. The van der Waals surface area contributed by atoms with Crippen LogP contribution in [-0.4, -0.2) is 27.6 Å². The first-order chi connectivity index (χ1) is 8.50. The molecule has 96 valence electrons. The van der Waals surface area contributed by atoms with Gasteiger partial charge in [-0.3, -0.25) is 9.48 Å². The van der Waals surface area contributed by atoms with Gasteiger partial charge >= 0.3 is 0 Å². The third kappa shape index (κ3) is 2.24. The van der Waals surface area contributed by atoms with Gasteiger partial charge in [0.15, 0.2) is 0 Å². The molecular weight excluding hydrogens is 248 g/mol. The van der Waals surface area contributed by atoms with E-state index in [1.54, 1.807) is 30.3 Å². The maximum atomic E-state index is 12.3. The maximum absolute atomic E-state index is 12.3. The Kier molecular flexibility index (Phi) is 3.38. The van der Waals surface area contributed by atoms with Gasteiger partial charge in [0.25, 0.3) is 5.91 Å². The predicted octanol–water partition coefficient (Wildman–Crippen LogP) is 1.64. The number of aromatic nitrogens is 2.